The second kappa shape index (κ2) is 7.33. The van der Waals surface area contributed by atoms with Gasteiger partial charge in [-0.25, -0.2) is 0 Å². The van der Waals surface area contributed by atoms with Gasteiger partial charge in [0, 0.05) is 0 Å². The minimum Gasteiger partial charge on any atom is -0.508 e. The molecule has 1 aromatic rings. The highest BCUT2D eigenvalue weighted by Crippen LogP contribution is 2.21. The summed E-state index contributed by atoms with van der Waals surface area (Å²) in [5.41, 5.74) is 3.44. The predicted octanol–water partition coefficient (Wildman–Crippen LogP) is 3.33. The van der Waals surface area contributed by atoms with E-state index in [9.17, 15) is 5.11 Å². The summed E-state index contributed by atoms with van der Waals surface area (Å²) in [6.45, 7) is 8.62. The van der Waals surface area contributed by atoms with Crippen LogP contribution in [-0.2, 0) is 6.42 Å². The van der Waals surface area contributed by atoms with Crippen molar-refractivity contribution >= 4 is 0 Å². The number of nitrogens with one attached hydrogen (secondary N) is 1. The van der Waals surface area contributed by atoms with Crippen molar-refractivity contribution in [2.24, 2.45) is 0 Å². The summed E-state index contributed by atoms with van der Waals surface area (Å²) in [7, 11) is 0. The summed E-state index contributed by atoms with van der Waals surface area (Å²) in [5, 5.41) is 12.7. The van der Waals surface area contributed by atoms with Crippen LogP contribution in [-0.4, -0.2) is 18.2 Å². The minimum absolute atomic E-state index is 0.426. The van der Waals surface area contributed by atoms with Gasteiger partial charge in [-0.15, -0.1) is 0 Å². The van der Waals surface area contributed by atoms with Gasteiger partial charge in [-0.3, -0.25) is 0 Å². The molecule has 2 heteroatoms. The maximum atomic E-state index is 9.42. The van der Waals surface area contributed by atoms with Crippen LogP contribution in [0.4, 0.5) is 0 Å². The van der Waals surface area contributed by atoms with E-state index in [1.54, 1.807) is 0 Å². The summed E-state index contributed by atoms with van der Waals surface area (Å²) in [6, 6.07) is 3.87. The number of rotatable bonds is 1. The van der Waals surface area contributed by atoms with Crippen molar-refractivity contribution in [3.05, 3.63) is 28.8 Å². The molecule has 0 aromatic heterocycles. The van der Waals surface area contributed by atoms with Crippen molar-refractivity contribution in [3.63, 3.8) is 0 Å². The Hall–Kier alpha value is -1.02. The first-order chi connectivity index (χ1) is 8.15. The lowest BCUT2D eigenvalue weighted by atomic mass is 10.0. The molecule has 1 fully saturated rings. The van der Waals surface area contributed by atoms with E-state index in [0.717, 1.165) is 17.5 Å². The van der Waals surface area contributed by atoms with Gasteiger partial charge in [0.2, 0.25) is 0 Å². The van der Waals surface area contributed by atoms with Crippen LogP contribution in [0.25, 0.3) is 0 Å². The molecule has 0 bridgehead atoms. The Balaban J connectivity index is 0.000000202. The van der Waals surface area contributed by atoms with Crippen LogP contribution in [0.1, 0.15) is 42.9 Å². The first-order valence-corrected chi connectivity index (χ1v) is 6.65. The van der Waals surface area contributed by atoms with Gasteiger partial charge in [0.05, 0.1) is 0 Å². The number of hydrogen-bond acceptors (Lipinski definition) is 2. The number of piperidine rings is 1. The van der Waals surface area contributed by atoms with Crippen LogP contribution in [0.15, 0.2) is 12.1 Å². The fraction of sp³-hybridized carbons (Fsp3) is 0.600. The molecule has 1 aliphatic rings. The molecule has 1 saturated heterocycles. The van der Waals surface area contributed by atoms with Crippen LogP contribution >= 0.6 is 0 Å². The second-order valence-corrected chi connectivity index (χ2v) is 4.73. The highest BCUT2D eigenvalue weighted by molar-refractivity contribution is 5.40. The third kappa shape index (κ3) is 4.78. The largest absolute Gasteiger partial charge is 0.508 e. The molecular formula is C15H25NO. The van der Waals surface area contributed by atoms with Gasteiger partial charge < -0.3 is 10.4 Å². The number of phenolic OH excluding ortho intramolecular Hbond substituents is 1. The Bertz CT molecular complexity index is 332. The molecule has 0 aliphatic carbocycles. The monoisotopic (exact) mass is 235 g/mol. The van der Waals surface area contributed by atoms with Gasteiger partial charge in [-0.05, 0) is 69.0 Å². The lowest BCUT2D eigenvalue weighted by molar-refractivity contribution is 0.468. The van der Waals surface area contributed by atoms with Crippen LogP contribution in [0.2, 0.25) is 0 Å². The van der Waals surface area contributed by atoms with Crippen molar-refractivity contribution in [1.29, 1.82) is 0 Å². The van der Waals surface area contributed by atoms with E-state index in [1.807, 2.05) is 26.0 Å². The number of phenols is 1. The zero-order valence-corrected chi connectivity index (χ0v) is 11.3. The molecule has 0 atom stereocenters. The Morgan fingerprint density at radius 3 is 2.06 bits per heavy atom. The third-order valence-electron chi connectivity index (χ3n) is 3.28. The Morgan fingerprint density at radius 2 is 1.65 bits per heavy atom. The van der Waals surface area contributed by atoms with Crippen molar-refractivity contribution in [3.8, 4) is 5.75 Å². The maximum Gasteiger partial charge on any atom is 0.119 e. The zero-order chi connectivity index (χ0) is 12.7. The van der Waals surface area contributed by atoms with E-state index in [4.69, 9.17) is 0 Å². The summed E-state index contributed by atoms with van der Waals surface area (Å²) in [4.78, 5) is 0. The number of aryl methyl sites for hydroxylation is 3. The van der Waals surface area contributed by atoms with Crippen LogP contribution < -0.4 is 5.32 Å². The first kappa shape index (κ1) is 14.0. The van der Waals surface area contributed by atoms with Crippen LogP contribution in [0, 0.1) is 13.8 Å². The van der Waals surface area contributed by atoms with Crippen LogP contribution in [0.5, 0.6) is 5.75 Å². The van der Waals surface area contributed by atoms with Gasteiger partial charge in [0.15, 0.2) is 0 Å². The van der Waals surface area contributed by atoms with Gasteiger partial charge >= 0.3 is 0 Å². The standard InChI is InChI=1S/C10H14O.C5H11N/c1-4-9-5-7(2)8(3)6-10(9)11;1-2-4-6-5-3-1/h5-6,11H,4H2,1-3H3;6H,1-5H2. The molecule has 17 heavy (non-hydrogen) atoms. The lowest BCUT2D eigenvalue weighted by Gasteiger charge is -2.08. The molecule has 1 aromatic carbocycles. The average molecular weight is 235 g/mol. The topological polar surface area (TPSA) is 32.3 Å². The summed E-state index contributed by atoms with van der Waals surface area (Å²) in [6.07, 6.45) is 5.11. The molecule has 1 aliphatic heterocycles. The van der Waals surface area contributed by atoms with Crippen molar-refractivity contribution in [1.82, 2.24) is 5.32 Å². The number of aromatic hydroxyl groups is 1. The highest BCUT2D eigenvalue weighted by Gasteiger charge is 2.00. The Kier molecular flexibility index (Phi) is 6.06. The lowest BCUT2D eigenvalue weighted by Crippen LogP contribution is -2.21. The second-order valence-electron chi connectivity index (χ2n) is 4.73. The van der Waals surface area contributed by atoms with E-state index >= 15 is 0 Å². The van der Waals surface area contributed by atoms with Crippen molar-refractivity contribution in [2.45, 2.75) is 46.5 Å². The van der Waals surface area contributed by atoms with Crippen molar-refractivity contribution < 1.29 is 5.11 Å². The molecule has 0 radical (unpaired) electrons. The molecule has 1 heterocycles. The van der Waals surface area contributed by atoms with Gasteiger partial charge in [-0.2, -0.15) is 0 Å². The summed E-state index contributed by atoms with van der Waals surface area (Å²) in [5.74, 6) is 0.426. The fourth-order valence-corrected chi connectivity index (χ4v) is 1.95. The van der Waals surface area contributed by atoms with E-state index < -0.39 is 0 Å². The van der Waals surface area contributed by atoms with E-state index in [2.05, 4.69) is 12.2 Å². The predicted molar refractivity (Wildman–Crippen MR) is 73.7 cm³/mol. The molecule has 2 N–H and O–H groups in total. The van der Waals surface area contributed by atoms with Crippen molar-refractivity contribution in [2.75, 3.05) is 13.1 Å². The number of benzene rings is 1. The summed E-state index contributed by atoms with van der Waals surface area (Å²) < 4.78 is 0. The van der Waals surface area contributed by atoms with Crippen LogP contribution in [0.3, 0.4) is 0 Å². The number of hydrogen-bond donors (Lipinski definition) is 2. The zero-order valence-electron chi connectivity index (χ0n) is 11.3. The molecule has 0 spiro atoms. The Morgan fingerprint density at radius 1 is 1.06 bits per heavy atom. The smallest absolute Gasteiger partial charge is 0.119 e. The molecule has 0 unspecified atom stereocenters. The molecular weight excluding hydrogens is 210 g/mol. The van der Waals surface area contributed by atoms with Gasteiger partial charge in [-0.1, -0.05) is 19.4 Å². The molecule has 0 amide bonds. The first-order valence-electron chi connectivity index (χ1n) is 6.65. The van der Waals surface area contributed by atoms with Gasteiger partial charge in [0.25, 0.3) is 0 Å². The van der Waals surface area contributed by atoms with E-state index in [-0.39, 0.29) is 0 Å². The molecule has 2 nitrogen and oxygen atoms in total. The third-order valence-corrected chi connectivity index (χ3v) is 3.28. The SMILES string of the molecule is C1CCNCC1.CCc1cc(C)c(C)cc1O. The van der Waals surface area contributed by atoms with Gasteiger partial charge in [0.1, 0.15) is 5.75 Å². The minimum atomic E-state index is 0.426. The average Bonchev–Trinajstić information content (AvgIpc) is 2.37. The quantitative estimate of drug-likeness (QED) is 0.782. The fourth-order valence-electron chi connectivity index (χ4n) is 1.95. The maximum absolute atomic E-state index is 9.42. The summed E-state index contributed by atoms with van der Waals surface area (Å²) >= 11 is 0. The normalized spacial score (nSPS) is 15.0. The van der Waals surface area contributed by atoms with E-state index in [1.165, 1.54) is 37.9 Å². The highest BCUT2D eigenvalue weighted by atomic mass is 16.3. The van der Waals surface area contributed by atoms with E-state index in [0.29, 0.717) is 5.75 Å². The molecule has 0 saturated carbocycles. The molecule has 96 valence electrons. The Labute approximate surface area is 105 Å². The molecule has 2 rings (SSSR count).